The third kappa shape index (κ3) is 4.02. The van der Waals surface area contributed by atoms with E-state index in [1.54, 1.807) is 7.05 Å². The average molecular weight is 307 g/mol. The van der Waals surface area contributed by atoms with Crippen LogP contribution in [0.15, 0.2) is 24.3 Å². The van der Waals surface area contributed by atoms with E-state index in [2.05, 4.69) is 4.90 Å². The van der Waals surface area contributed by atoms with Crippen LogP contribution in [0.25, 0.3) is 0 Å². The first-order valence-electron chi connectivity index (χ1n) is 7.27. The van der Waals surface area contributed by atoms with Crippen LogP contribution in [0.1, 0.15) is 24.5 Å². The number of non-ortho nitro benzene ring substituents is 1. The number of nitrogens with zero attached hydrogens (tertiary/aromatic N) is 3. The van der Waals surface area contributed by atoms with Crippen LogP contribution in [0, 0.1) is 10.1 Å². The van der Waals surface area contributed by atoms with Crippen molar-refractivity contribution in [2.24, 2.45) is 0 Å². The van der Waals surface area contributed by atoms with Gasteiger partial charge >= 0.3 is 0 Å². The second kappa shape index (κ2) is 6.85. The molecule has 1 aromatic rings. The van der Waals surface area contributed by atoms with Crippen molar-refractivity contribution < 1.29 is 14.8 Å². The van der Waals surface area contributed by atoms with E-state index in [1.807, 2.05) is 7.05 Å². The number of rotatable bonds is 7. The predicted octanol–water partition coefficient (Wildman–Crippen LogP) is 1.18. The Balaban J connectivity index is 1.95. The molecule has 0 aromatic heterocycles. The van der Waals surface area contributed by atoms with Crippen LogP contribution >= 0.6 is 0 Å². The summed E-state index contributed by atoms with van der Waals surface area (Å²) < 4.78 is 0. The number of carbonyl (C=O) groups is 1. The van der Waals surface area contributed by atoms with Crippen molar-refractivity contribution in [1.29, 1.82) is 0 Å². The number of hydrogen-bond donors (Lipinski definition) is 1. The molecule has 0 unspecified atom stereocenters. The molecule has 0 aliphatic heterocycles. The molecule has 1 aromatic carbocycles. The van der Waals surface area contributed by atoms with Crippen molar-refractivity contribution in [1.82, 2.24) is 9.80 Å². The van der Waals surface area contributed by atoms with Gasteiger partial charge in [-0.15, -0.1) is 0 Å². The maximum absolute atomic E-state index is 12.2. The number of carbonyl (C=O) groups excluding carboxylic acids is 1. The monoisotopic (exact) mass is 307 g/mol. The van der Waals surface area contributed by atoms with Crippen LogP contribution < -0.4 is 0 Å². The van der Waals surface area contributed by atoms with Gasteiger partial charge in [0, 0.05) is 38.3 Å². The molecule has 0 radical (unpaired) electrons. The van der Waals surface area contributed by atoms with Gasteiger partial charge in [0.15, 0.2) is 6.10 Å². The first-order chi connectivity index (χ1) is 10.4. The predicted molar refractivity (Wildman–Crippen MR) is 81.3 cm³/mol. The average Bonchev–Trinajstić information content (AvgIpc) is 3.35. The molecule has 2 rings (SSSR count). The van der Waals surface area contributed by atoms with Gasteiger partial charge in [0.2, 0.25) is 0 Å². The van der Waals surface area contributed by atoms with Crippen LogP contribution in [0.4, 0.5) is 5.69 Å². The molecular weight excluding hydrogens is 286 g/mol. The first-order valence-corrected chi connectivity index (χ1v) is 7.27. The zero-order valence-corrected chi connectivity index (χ0v) is 12.8. The fourth-order valence-electron chi connectivity index (χ4n) is 2.28. The molecule has 22 heavy (non-hydrogen) atoms. The molecule has 1 aliphatic carbocycles. The molecule has 7 heteroatoms. The molecule has 1 aliphatic rings. The Bertz CT molecular complexity index is 559. The fraction of sp³-hybridized carbons (Fsp3) is 0.533. The third-order valence-electron chi connectivity index (χ3n) is 3.97. The minimum atomic E-state index is -1.38. The lowest BCUT2D eigenvalue weighted by atomic mass is 10.1. The quantitative estimate of drug-likeness (QED) is 0.604. The lowest BCUT2D eigenvalue weighted by molar-refractivity contribution is -0.385. The maximum atomic E-state index is 12.2. The topological polar surface area (TPSA) is 86.9 Å². The Morgan fingerprint density at radius 3 is 2.68 bits per heavy atom. The lowest BCUT2D eigenvalue weighted by Crippen LogP contribution is -2.38. The van der Waals surface area contributed by atoms with Gasteiger partial charge < -0.3 is 14.9 Å². The molecule has 0 heterocycles. The number of benzene rings is 1. The summed E-state index contributed by atoms with van der Waals surface area (Å²) in [6.07, 6.45) is 1.02. The van der Waals surface area contributed by atoms with Crippen molar-refractivity contribution >= 4 is 11.6 Å². The van der Waals surface area contributed by atoms with Crippen molar-refractivity contribution in [3.8, 4) is 0 Å². The second-order valence-corrected chi connectivity index (χ2v) is 5.73. The summed E-state index contributed by atoms with van der Waals surface area (Å²) in [6.45, 7) is 1.26. The van der Waals surface area contributed by atoms with E-state index in [0.29, 0.717) is 12.6 Å². The lowest BCUT2D eigenvalue weighted by Gasteiger charge is -2.24. The Kier molecular flexibility index (Phi) is 5.10. The number of aliphatic hydroxyl groups is 1. The molecule has 7 nitrogen and oxygen atoms in total. The van der Waals surface area contributed by atoms with Gasteiger partial charge in [-0.1, -0.05) is 12.1 Å². The Morgan fingerprint density at radius 2 is 2.09 bits per heavy atom. The van der Waals surface area contributed by atoms with Crippen molar-refractivity contribution in [2.45, 2.75) is 25.0 Å². The van der Waals surface area contributed by atoms with E-state index in [4.69, 9.17) is 0 Å². The smallest absolute Gasteiger partial charge is 0.269 e. The van der Waals surface area contributed by atoms with E-state index < -0.39 is 16.9 Å². The minimum absolute atomic E-state index is 0.138. The molecule has 120 valence electrons. The highest BCUT2D eigenvalue weighted by Gasteiger charge is 2.27. The van der Waals surface area contributed by atoms with Crippen LogP contribution in [-0.4, -0.2) is 59.0 Å². The molecule has 0 spiro atoms. The van der Waals surface area contributed by atoms with Gasteiger partial charge in [-0.3, -0.25) is 14.9 Å². The zero-order chi connectivity index (χ0) is 16.3. The summed E-state index contributed by atoms with van der Waals surface area (Å²) in [7, 11) is 3.65. The molecule has 1 saturated carbocycles. The van der Waals surface area contributed by atoms with Crippen LogP contribution in [0.5, 0.6) is 0 Å². The maximum Gasteiger partial charge on any atom is 0.269 e. The Labute approximate surface area is 129 Å². The minimum Gasteiger partial charge on any atom is -0.378 e. The van der Waals surface area contributed by atoms with Gasteiger partial charge in [0.1, 0.15) is 0 Å². The SMILES string of the molecule is CN(CCN(C)C1CC1)C(=O)[C@H](O)c1cccc([N+](=O)[O-])c1. The summed E-state index contributed by atoms with van der Waals surface area (Å²) in [5.74, 6) is -0.454. The first kappa shape index (κ1) is 16.4. The van der Waals surface area contributed by atoms with E-state index in [0.717, 1.165) is 6.54 Å². The van der Waals surface area contributed by atoms with E-state index >= 15 is 0 Å². The highest BCUT2D eigenvalue weighted by molar-refractivity contribution is 5.82. The van der Waals surface area contributed by atoms with Crippen molar-refractivity contribution in [3.05, 3.63) is 39.9 Å². The molecule has 0 bridgehead atoms. The number of hydrogen-bond acceptors (Lipinski definition) is 5. The normalized spacial score (nSPS) is 15.6. The van der Waals surface area contributed by atoms with Crippen molar-refractivity contribution in [3.63, 3.8) is 0 Å². The number of likely N-dealkylation sites (N-methyl/N-ethyl adjacent to an activating group) is 2. The van der Waals surface area contributed by atoms with Crippen molar-refractivity contribution in [2.75, 3.05) is 27.2 Å². The van der Waals surface area contributed by atoms with Gasteiger partial charge in [0.25, 0.3) is 11.6 Å². The summed E-state index contributed by atoms with van der Waals surface area (Å²) >= 11 is 0. The highest BCUT2D eigenvalue weighted by Crippen LogP contribution is 2.25. The van der Waals surface area contributed by atoms with Gasteiger partial charge in [-0.25, -0.2) is 0 Å². The number of nitro benzene ring substituents is 1. The molecule has 0 saturated heterocycles. The fourth-order valence-corrected chi connectivity index (χ4v) is 2.28. The van der Waals surface area contributed by atoms with Gasteiger partial charge in [0.05, 0.1) is 4.92 Å². The van der Waals surface area contributed by atoms with Crippen LogP contribution in [0.2, 0.25) is 0 Å². The van der Waals surface area contributed by atoms with Gasteiger partial charge in [-0.2, -0.15) is 0 Å². The number of nitro groups is 1. The molecule has 1 atom stereocenters. The standard InChI is InChI=1S/C15H21N3O4/c1-16(12-6-7-12)8-9-17(2)15(20)14(19)11-4-3-5-13(10-11)18(21)22/h3-5,10,12,14,19H,6-9H2,1-2H3/t14-/m1/s1. The Morgan fingerprint density at radius 1 is 1.41 bits per heavy atom. The number of amides is 1. The Hall–Kier alpha value is -1.99. The molecule has 1 amide bonds. The number of aliphatic hydroxyl groups excluding tert-OH is 1. The second-order valence-electron chi connectivity index (χ2n) is 5.73. The van der Waals surface area contributed by atoms with Gasteiger partial charge in [-0.05, 0) is 25.5 Å². The largest absolute Gasteiger partial charge is 0.378 e. The van der Waals surface area contributed by atoms with E-state index in [9.17, 15) is 20.0 Å². The van der Waals surface area contributed by atoms with E-state index in [1.165, 1.54) is 42.0 Å². The third-order valence-corrected chi connectivity index (χ3v) is 3.97. The zero-order valence-electron chi connectivity index (χ0n) is 12.8. The summed E-state index contributed by atoms with van der Waals surface area (Å²) in [5.41, 5.74) is 0.0991. The molecular formula is C15H21N3O4. The molecule has 1 fully saturated rings. The summed E-state index contributed by atoms with van der Waals surface area (Å²) in [4.78, 5) is 26.1. The van der Waals surface area contributed by atoms with Crippen LogP contribution in [-0.2, 0) is 4.79 Å². The summed E-state index contributed by atoms with van der Waals surface area (Å²) in [5, 5.41) is 20.9. The summed E-state index contributed by atoms with van der Waals surface area (Å²) in [6, 6.07) is 6.15. The molecule has 1 N–H and O–H groups in total. The highest BCUT2D eigenvalue weighted by atomic mass is 16.6. The van der Waals surface area contributed by atoms with E-state index in [-0.39, 0.29) is 11.3 Å². The van der Waals surface area contributed by atoms with Crippen LogP contribution in [0.3, 0.4) is 0 Å².